The third-order valence-electron chi connectivity index (χ3n) is 6.97. The van der Waals surface area contributed by atoms with Crippen molar-refractivity contribution in [3.05, 3.63) is 63.7 Å². The summed E-state index contributed by atoms with van der Waals surface area (Å²) in [5.74, 6) is 0.342. The molecule has 2 amide bonds. The molecule has 2 aliphatic heterocycles. The lowest BCUT2D eigenvalue weighted by atomic mass is 9.94. The number of nitrogens with zero attached hydrogens (tertiary/aromatic N) is 2. The van der Waals surface area contributed by atoms with Crippen molar-refractivity contribution >= 4 is 35.1 Å². The SMILES string of the molecule is CC(C)(C)OC(=O)N(CCCCCC(=O)c1cc2c3c(c1)CCN3C(=O)CC2)CCc1ccccc1Cl. The Kier molecular flexibility index (Phi) is 8.58. The molecule has 2 aliphatic rings. The summed E-state index contributed by atoms with van der Waals surface area (Å²) in [6, 6.07) is 11.7. The number of anilines is 1. The van der Waals surface area contributed by atoms with Crippen LogP contribution in [0.15, 0.2) is 36.4 Å². The average Bonchev–Trinajstić information content (AvgIpc) is 3.28. The normalized spacial score (nSPS) is 14.5. The van der Waals surface area contributed by atoms with Gasteiger partial charge >= 0.3 is 6.09 Å². The van der Waals surface area contributed by atoms with Gasteiger partial charge in [0.2, 0.25) is 5.91 Å². The molecule has 198 valence electrons. The van der Waals surface area contributed by atoms with Gasteiger partial charge < -0.3 is 14.5 Å². The van der Waals surface area contributed by atoms with Gasteiger partial charge in [-0.05, 0) is 87.8 Å². The van der Waals surface area contributed by atoms with Crippen LogP contribution in [0.2, 0.25) is 5.02 Å². The number of amides is 2. The fourth-order valence-electron chi connectivity index (χ4n) is 5.11. The Morgan fingerprint density at radius 2 is 1.73 bits per heavy atom. The first-order chi connectivity index (χ1) is 17.6. The first-order valence-electron chi connectivity index (χ1n) is 13.3. The van der Waals surface area contributed by atoms with Gasteiger partial charge in [0, 0.05) is 43.1 Å². The number of aryl methyl sites for hydroxylation is 1. The number of rotatable bonds is 10. The second-order valence-electron chi connectivity index (χ2n) is 11.0. The molecule has 0 saturated heterocycles. The van der Waals surface area contributed by atoms with Crippen molar-refractivity contribution in [2.24, 2.45) is 0 Å². The third-order valence-corrected chi connectivity index (χ3v) is 7.33. The molecule has 2 aromatic carbocycles. The second-order valence-corrected chi connectivity index (χ2v) is 11.4. The largest absolute Gasteiger partial charge is 0.444 e. The molecular formula is C30H37ClN2O4. The molecule has 0 bridgehead atoms. The summed E-state index contributed by atoms with van der Waals surface area (Å²) in [6.45, 7) is 7.42. The fourth-order valence-corrected chi connectivity index (χ4v) is 5.34. The number of hydrogen-bond donors (Lipinski definition) is 0. The van der Waals surface area contributed by atoms with E-state index in [9.17, 15) is 14.4 Å². The van der Waals surface area contributed by atoms with Crippen LogP contribution in [0.25, 0.3) is 0 Å². The van der Waals surface area contributed by atoms with Gasteiger partial charge in [0.1, 0.15) is 5.60 Å². The minimum Gasteiger partial charge on any atom is -0.444 e. The van der Waals surface area contributed by atoms with Crippen LogP contribution in [0.4, 0.5) is 10.5 Å². The first-order valence-corrected chi connectivity index (χ1v) is 13.7. The maximum atomic E-state index is 13.0. The van der Waals surface area contributed by atoms with Crippen molar-refractivity contribution in [2.75, 3.05) is 24.5 Å². The highest BCUT2D eigenvalue weighted by molar-refractivity contribution is 6.31. The molecule has 0 atom stereocenters. The molecule has 0 unspecified atom stereocenters. The van der Waals surface area contributed by atoms with E-state index < -0.39 is 5.60 Å². The van der Waals surface area contributed by atoms with Crippen LogP contribution in [0.1, 0.15) is 79.9 Å². The Bertz CT molecular complexity index is 1170. The van der Waals surface area contributed by atoms with Crippen LogP contribution >= 0.6 is 11.6 Å². The second kappa shape index (κ2) is 11.7. The molecule has 4 rings (SSSR count). The maximum Gasteiger partial charge on any atom is 0.410 e. The smallest absolute Gasteiger partial charge is 0.410 e. The number of carbonyl (C=O) groups excluding carboxylic acids is 3. The summed E-state index contributed by atoms with van der Waals surface area (Å²) in [6.07, 6.45) is 5.27. The summed E-state index contributed by atoms with van der Waals surface area (Å²) < 4.78 is 5.62. The zero-order valence-electron chi connectivity index (χ0n) is 22.1. The molecular weight excluding hydrogens is 488 g/mol. The van der Waals surface area contributed by atoms with Crippen LogP contribution in [-0.2, 0) is 28.8 Å². The molecule has 2 aromatic rings. The summed E-state index contributed by atoms with van der Waals surface area (Å²) in [4.78, 5) is 41.5. The molecule has 37 heavy (non-hydrogen) atoms. The lowest BCUT2D eigenvalue weighted by Crippen LogP contribution is -2.38. The minimum atomic E-state index is -0.564. The van der Waals surface area contributed by atoms with E-state index in [-0.39, 0.29) is 17.8 Å². The van der Waals surface area contributed by atoms with Crippen LogP contribution in [0, 0.1) is 0 Å². The lowest BCUT2D eigenvalue weighted by molar-refractivity contribution is -0.118. The Hall–Kier alpha value is -2.86. The molecule has 0 aliphatic carbocycles. The van der Waals surface area contributed by atoms with Crippen LogP contribution in [0.3, 0.4) is 0 Å². The van der Waals surface area contributed by atoms with Crippen molar-refractivity contribution in [1.29, 1.82) is 0 Å². The highest BCUT2D eigenvalue weighted by Crippen LogP contribution is 2.37. The summed E-state index contributed by atoms with van der Waals surface area (Å²) in [5, 5.41) is 0.699. The highest BCUT2D eigenvalue weighted by atomic mass is 35.5. The van der Waals surface area contributed by atoms with E-state index in [1.165, 1.54) is 0 Å². The van der Waals surface area contributed by atoms with Crippen molar-refractivity contribution in [3.8, 4) is 0 Å². The van der Waals surface area contributed by atoms with Gasteiger partial charge in [-0.2, -0.15) is 0 Å². The maximum absolute atomic E-state index is 13.0. The number of ketones is 1. The van der Waals surface area contributed by atoms with E-state index in [4.69, 9.17) is 16.3 Å². The third kappa shape index (κ3) is 6.92. The lowest BCUT2D eigenvalue weighted by Gasteiger charge is -2.27. The first kappa shape index (κ1) is 27.2. The summed E-state index contributed by atoms with van der Waals surface area (Å²) in [7, 11) is 0. The van der Waals surface area contributed by atoms with Gasteiger partial charge in [0.05, 0.1) is 5.69 Å². The number of hydrogen-bond acceptors (Lipinski definition) is 4. The van der Waals surface area contributed by atoms with Gasteiger partial charge in [-0.3, -0.25) is 9.59 Å². The Labute approximate surface area is 224 Å². The molecule has 0 aromatic heterocycles. The molecule has 0 radical (unpaired) electrons. The van der Waals surface area contributed by atoms with Crippen LogP contribution in [-0.4, -0.2) is 47.9 Å². The van der Waals surface area contributed by atoms with E-state index in [1.807, 2.05) is 62.1 Å². The number of ether oxygens (including phenoxy) is 1. The van der Waals surface area contributed by atoms with Gasteiger partial charge in [-0.25, -0.2) is 4.79 Å². The Morgan fingerprint density at radius 3 is 2.46 bits per heavy atom. The number of Topliss-reactive ketones (excluding diaryl/α,β-unsaturated/α-hetero) is 1. The van der Waals surface area contributed by atoms with Gasteiger partial charge in [-0.1, -0.05) is 36.2 Å². The highest BCUT2D eigenvalue weighted by Gasteiger charge is 2.32. The molecule has 0 N–H and O–H groups in total. The number of halogens is 1. The monoisotopic (exact) mass is 524 g/mol. The van der Waals surface area contributed by atoms with E-state index in [2.05, 4.69) is 0 Å². The Balaban J connectivity index is 1.28. The number of benzene rings is 2. The van der Waals surface area contributed by atoms with Crippen molar-refractivity contribution < 1.29 is 19.1 Å². The molecule has 0 saturated carbocycles. The minimum absolute atomic E-state index is 0.150. The van der Waals surface area contributed by atoms with Crippen LogP contribution in [0.5, 0.6) is 0 Å². The van der Waals surface area contributed by atoms with Crippen LogP contribution < -0.4 is 4.90 Å². The van der Waals surface area contributed by atoms with Gasteiger partial charge in [-0.15, -0.1) is 0 Å². The van der Waals surface area contributed by atoms with Gasteiger partial charge in [0.25, 0.3) is 0 Å². The topological polar surface area (TPSA) is 66.9 Å². The Morgan fingerprint density at radius 1 is 1.00 bits per heavy atom. The predicted molar refractivity (Wildman–Crippen MR) is 147 cm³/mol. The molecule has 2 heterocycles. The van der Waals surface area contributed by atoms with E-state index in [0.717, 1.165) is 60.2 Å². The average molecular weight is 525 g/mol. The number of carbonyl (C=O) groups is 3. The molecule has 7 heteroatoms. The standard InChI is InChI=1S/C30H37ClN2O4/c1-30(2,3)37-29(36)32(17-14-21-9-6-7-10-25(21)31)16-8-4-5-11-26(34)24-19-22-12-13-27(35)33-18-15-23(20-24)28(22)33/h6-7,9-10,19-20H,4-5,8,11-18H2,1-3H3. The molecule has 0 spiro atoms. The van der Waals surface area contributed by atoms with Crippen molar-refractivity contribution in [1.82, 2.24) is 4.90 Å². The fraction of sp³-hybridized carbons (Fsp3) is 0.500. The number of unbranched alkanes of at least 4 members (excludes halogenated alkanes) is 2. The summed E-state index contributed by atoms with van der Waals surface area (Å²) >= 11 is 6.30. The molecule has 0 fully saturated rings. The zero-order valence-corrected chi connectivity index (χ0v) is 22.9. The van der Waals surface area contributed by atoms with E-state index in [1.54, 1.807) is 4.90 Å². The quantitative estimate of drug-likeness (QED) is 0.266. The van der Waals surface area contributed by atoms with Crippen molar-refractivity contribution in [2.45, 2.75) is 77.7 Å². The molecule has 6 nitrogen and oxygen atoms in total. The van der Waals surface area contributed by atoms with E-state index in [0.29, 0.717) is 43.8 Å². The van der Waals surface area contributed by atoms with E-state index >= 15 is 0 Å². The summed E-state index contributed by atoms with van der Waals surface area (Å²) in [5.41, 5.74) is 4.51. The predicted octanol–water partition coefficient (Wildman–Crippen LogP) is 6.40. The zero-order chi connectivity index (χ0) is 26.6. The van der Waals surface area contributed by atoms with Crippen molar-refractivity contribution in [3.63, 3.8) is 0 Å². The van der Waals surface area contributed by atoms with Gasteiger partial charge in [0.15, 0.2) is 5.78 Å².